The highest BCUT2D eigenvalue weighted by Crippen LogP contribution is 2.43. The summed E-state index contributed by atoms with van der Waals surface area (Å²) in [6, 6.07) is 22.2. The van der Waals surface area contributed by atoms with Crippen molar-refractivity contribution in [3.63, 3.8) is 0 Å². The van der Waals surface area contributed by atoms with Crippen molar-refractivity contribution < 1.29 is 18.7 Å². The smallest absolute Gasteiger partial charge is 0.225 e. The van der Waals surface area contributed by atoms with Crippen LogP contribution in [0.5, 0.6) is 0 Å². The molecule has 37 heavy (non-hydrogen) atoms. The standard InChI is InChI=1S/C31H39NO4Si/c1-31(2,3)37(6,7)36-27(21-13-9-8-10-14-21)19-22-17-18-26-30(23-15-11-12-16-25(23)35-26)29(22)24(33)20-28(34)32(4)5/h8-18,24,27,33H,19-20H2,1-7H3. The topological polar surface area (TPSA) is 62.9 Å². The van der Waals surface area contributed by atoms with E-state index in [9.17, 15) is 9.90 Å². The van der Waals surface area contributed by atoms with Crippen molar-refractivity contribution in [3.8, 4) is 0 Å². The molecular weight excluding hydrogens is 478 g/mol. The zero-order chi connectivity index (χ0) is 27.0. The molecule has 0 aliphatic heterocycles. The lowest BCUT2D eigenvalue weighted by atomic mass is 9.90. The van der Waals surface area contributed by atoms with Crippen LogP contribution < -0.4 is 0 Å². The number of aliphatic hydroxyl groups excluding tert-OH is 1. The first-order chi connectivity index (χ1) is 17.4. The minimum atomic E-state index is -2.12. The molecule has 196 valence electrons. The number of carbonyl (C=O) groups is 1. The molecule has 1 aromatic heterocycles. The van der Waals surface area contributed by atoms with Crippen LogP contribution in [0.25, 0.3) is 21.9 Å². The van der Waals surface area contributed by atoms with Gasteiger partial charge < -0.3 is 18.8 Å². The minimum Gasteiger partial charge on any atom is -0.456 e. The summed E-state index contributed by atoms with van der Waals surface area (Å²) >= 11 is 0. The minimum absolute atomic E-state index is 0.00227. The Kier molecular flexibility index (Phi) is 7.65. The van der Waals surface area contributed by atoms with Crippen LogP contribution in [0.4, 0.5) is 0 Å². The summed E-state index contributed by atoms with van der Waals surface area (Å²) in [7, 11) is 1.30. The molecule has 4 rings (SSSR count). The quantitative estimate of drug-likeness (QED) is 0.247. The van der Waals surface area contributed by atoms with Gasteiger partial charge in [-0.3, -0.25) is 4.79 Å². The molecule has 0 fully saturated rings. The van der Waals surface area contributed by atoms with Gasteiger partial charge in [-0.1, -0.05) is 75.4 Å². The molecule has 1 amide bonds. The van der Waals surface area contributed by atoms with Gasteiger partial charge in [-0.15, -0.1) is 0 Å². The van der Waals surface area contributed by atoms with Crippen LogP contribution in [0, 0.1) is 0 Å². The summed E-state index contributed by atoms with van der Waals surface area (Å²) in [5.41, 5.74) is 4.29. The number of amides is 1. The van der Waals surface area contributed by atoms with E-state index in [2.05, 4.69) is 46.0 Å². The average molecular weight is 518 g/mol. The third-order valence-corrected chi connectivity index (χ3v) is 12.2. The van der Waals surface area contributed by atoms with Gasteiger partial charge in [-0.05, 0) is 47.0 Å². The van der Waals surface area contributed by atoms with Gasteiger partial charge >= 0.3 is 0 Å². The highest BCUT2D eigenvalue weighted by molar-refractivity contribution is 6.74. The van der Waals surface area contributed by atoms with E-state index >= 15 is 0 Å². The Balaban J connectivity index is 1.87. The van der Waals surface area contributed by atoms with E-state index in [1.54, 1.807) is 14.1 Å². The van der Waals surface area contributed by atoms with Gasteiger partial charge in [0, 0.05) is 31.3 Å². The van der Waals surface area contributed by atoms with E-state index in [1.165, 1.54) is 4.90 Å². The first-order valence-corrected chi connectivity index (χ1v) is 15.8. The molecule has 1 heterocycles. The van der Waals surface area contributed by atoms with Crippen molar-refractivity contribution in [2.45, 2.75) is 64.0 Å². The van der Waals surface area contributed by atoms with Crippen LogP contribution in [-0.2, 0) is 15.6 Å². The lowest BCUT2D eigenvalue weighted by Gasteiger charge is -2.39. The van der Waals surface area contributed by atoms with E-state index in [0.717, 1.165) is 33.0 Å². The lowest BCUT2D eigenvalue weighted by molar-refractivity contribution is -0.130. The molecule has 0 aliphatic carbocycles. The summed E-state index contributed by atoms with van der Waals surface area (Å²) < 4.78 is 13.1. The van der Waals surface area contributed by atoms with Gasteiger partial charge in [0.2, 0.25) is 5.91 Å². The Morgan fingerprint density at radius 1 is 0.973 bits per heavy atom. The van der Waals surface area contributed by atoms with E-state index in [1.807, 2.05) is 54.6 Å². The second kappa shape index (κ2) is 10.4. The summed E-state index contributed by atoms with van der Waals surface area (Å²) in [5.74, 6) is -0.125. The Hall–Kier alpha value is -2.93. The molecule has 0 bridgehead atoms. The maximum atomic E-state index is 12.6. The fraction of sp³-hybridized carbons (Fsp3) is 0.387. The molecule has 2 atom stereocenters. The third kappa shape index (κ3) is 5.66. The van der Waals surface area contributed by atoms with Gasteiger partial charge in [0.15, 0.2) is 8.32 Å². The van der Waals surface area contributed by atoms with Crippen molar-refractivity contribution in [2.24, 2.45) is 0 Å². The van der Waals surface area contributed by atoms with Crippen LogP contribution >= 0.6 is 0 Å². The Morgan fingerprint density at radius 2 is 1.62 bits per heavy atom. The third-order valence-electron chi connectivity index (χ3n) is 7.69. The number of hydrogen-bond donors (Lipinski definition) is 1. The summed E-state index contributed by atoms with van der Waals surface area (Å²) in [5, 5.41) is 13.4. The van der Waals surface area contributed by atoms with Crippen LogP contribution in [0.3, 0.4) is 0 Å². The van der Waals surface area contributed by atoms with E-state index in [-0.39, 0.29) is 23.5 Å². The maximum absolute atomic E-state index is 12.6. The normalized spacial score (nSPS) is 14.2. The van der Waals surface area contributed by atoms with Crippen LogP contribution in [0.1, 0.15) is 56.1 Å². The summed E-state index contributed by atoms with van der Waals surface area (Å²) in [6.07, 6.45) is -0.584. The lowest BCUT2D eigenvalue weighted by Crippen LogP contribution is -2.42. The summed E-state index contributed by atoms with van der Waals surface area (Å²) in [4.78, 5) is 14.2. The highest BCUT2D eigenvalue weighted by Gasteiger charge is 2.39. The molecule has 3 aromatic carbocycles. The number of aliphatic hydroxyl groups is 1. The molecule has 6 heteroatoms. The predicted molar refractivity (Wildman–Crippen MR) is 153 cm³/mol. The fourth-order valence-electron chi connectivity index (χ4n) is 4.52. The van der Waals surface area contributed by atoms with Crippen LogP contribution in [0.15, 0.2) is 71.1 Å². The Bertz CT molecular complexity index is 1390. The molecule has 0 saturated carbocycles. The van der Waals surface area contributed by atoms with Gasteiger partial charge in [0.1, 0.15) is 11.2 Å². The Morgan fingerprint density at radius 3 is 2.27 bits per heavy atom. The van der Waals surface area contributed by atoms with Crippen molar-refractivity contribution in [2.75, 3.05) is 14.1 Å². The molecule has 0 spiro atoms. The molecule has 0 aliphatic rings. The van der Waals surface area contributed by atoms with Crippen molar-refractivity contribution in [1.82, 2.24) is 4.90 Å². The molecule has 0 radical (unpaired) electrons. The number of para-hydroxylation sites is 1. The molecule has 2 unspecified atom stereocenters. The number of fused-ring (bicyclic) bond motifs is 3. The van der Waals surface area contributed by atoms with Gasteiger partial charge in [-0.25, -0.2) is 0 Å². The number of hydrogen-bond acceptors (Lipinski definition) is 4. The fourth-order valence-corrected chi connectivity index (χ4v) is 5.81. The molecular formula is C31H39NO4Si. The molecule has 1 N–H and O–H groups in total. The average Bonchev–Trinajstić information content (AvgIpc) is 3.21. The molecule has 4 aromatic rings. The van der Waals surface area contributed by atoms with Crippen molar-refractivity contribution in [3.05, 3.63) is 83.4 Å². The van der Waals surface area contributed by atoms with E-state index < -0.39 is 14.4 Å². The zero-order valence-electron chi connectivity index (χ0n) is 23.0. The number of furan rings is 1. The number of benzene rings is 3. The van der Waals surface area contributed by atoms with E-state index in [4.69, 9.17) is 8.84 Å². The number of nitrogens with zero attached hydrogens (tertiary/aromatic N) is 1. The molecule has 0 saturated heterocycles. The van der Waals surface area contributed by atoms with Gasteiger partial charge in [-0.2, -0.15) is 0 Å². The largest absolute Gasteiger partial charge is 0.456 e. The first kappa shape index (κ1) is 27.1. The van der Waals surface area contributed by atoms with Crippen LogP contribution in [-0.4, -0.2) is 38.3 Å². The number of rotatable bonds is 8. The zero-order valence-corrected chi connectivity index (χ0v) is 24.0. The summed E-state index contributed by atoms with van der Waals surface area (Å²) in [6.45, 7) is 11.3. The van der Waals surface area contributed by atoms with Gasteiger partial charge in [0.05, 0.1) is 18.6 Å². The SMILES string of the molecule is CN(C)C(=O)CC(O)c1c(CC(O[Si](C)(C)C(C)(C)C)c2ccccc2)ccc2oc3ccccc3c12. The number of carbonyl (C=O) groups excluding carboxylic acids is 1. The Labute approximate surface area is 221 Å². The highest BCUT2D eigenvalue weighted by atomic mass is 28.4. The maximum Gasteiger partial charge on any atom is 0.225 e. The second-order valence-corrected chi connectivity index (χ2v) is 16.4. The predicted octanol–water partition coefficient (Wildman–Crippen LogP) is 7.40. The van der Waals surface area contributed by atoms with Gasteiger partial charge in [0.25, 0.3) is 0 Å². The van der Waals surface area contributed by atoms with Crippen molar-refractivity contribution in [1.29, 1.82) is 0 Å². The second-order valence-electron chi connectivity index (χ2n) is 11.6. The van der Waals surface area contributed by atoms with Crippen molar-refractivity contribution >= 4 is 36.2 Å². The van der Waals surface area contributed by atoms with Crippen LogP contribution in [0.2, 0.25) is 18.1 Å². The monoisotopic (exact) mass is 517 g/mol. The molecule has 5 nitrogen and oxygen atoms in total. The first-order valence-electron chi connectivity index (χ1n) is 12.9. The van der Waals surface area contributed by atoms with E-state index in [0.29, 0.717) is 12.0 Å².